The number of carbonyl (C=O) groups is 2. The van der Waals surface area contributed by atoms with E-state index in [-0.39, 0.29) is 24.0 Å². The summed E-state index contributed by atoms with van der Waals surface area (Å²) in [4.78, 5) is 31.4. The summed E-state index contributed by atoms with van der Waals surface area (Å²) >= 11 is 0. The smallest absolute Gasteiger partial charge is 0.409 e. The molecule has 3 heterocycles. The molecular formula is C24H37N3O3. The molecule has 3 rings (SSSR count). The molecule has 0 aromatic carbocycles. The Morgan fingerprint density at radius 2 is 1.73 bits per heavy atom. The van der Waals surface area contributed by atoms with Crippen LogP contribution in [0.25, 0.3) is 0 Å². The van der Waals surface area contributed by atoms with Crippen LogP contribution in [0.15, 0.2) is 35.6 Å². The van der Waals surface area contributed by atoms with Crippen molar-refractivity contribution in [3.63, 3.8) is 0 Å². The molecule has 2 amide bonds. The molecule has 0 bridgehead atoms. The van der Waals surface area contributed by atoms with Crippen LogP contribution in [0.2, 0.25) is 0 Å². The summed E-state index contributed by atoms with van der Waals surface area (Å²) in [5, 5.41) is 0. The predicted octanol–water partition coefficient (Wildman–Crippen LogP) is 3.96. The van der Waals surface area contributed by atoms with Crippen molar-refractivity contribution in [2.75, 3.05) is 32.8 Å². The number of amides is 2. The number of ether oxygens (including phenoxy) is 1. The molecule has 3 aliphatic rings. The molecule has 1 unspecified atom stereocenters. The number of carbonyl (C=O) groups excluding carboxylic acids is 2. The van der Waals surface area contributed by atoms with Crippen LogP contribution >= 0.6 is 0 Å². The maximum atomic E-state index is 13.0. The van der Waals surface area contributed by atoms with Gasteiger partial charge in [0.2, 0.25) is 5.91 Å². The van der Waals surface area contributed by atoms with Crippen LogP contribution in [0, 0.1) is 5.92 Å². The van der Waals surface area contributed by atoms with E-state index in [2.05, 4.69) is 29.4 Å². The minimum Gasteiger partial charge on any atom is -0.450 e. The Bertz CT molecular complexity index is 726. The van der Waals surface area contributed by atoms with E-state index < -0.39 is 0 Å². The first kappa shape index (κ1) is 22.6. The van der Waals surface area contributed by atoms with Crippen molar-refractivity contribution < 1.29 is 14.3 Å². The van der Waals surface area contributed by atoms with Crippen molar-refractivity contribution in [2.45, 2.75) is 65.5 Å². The van der Waals surface area contributed by atoms with E-state index in [1.54, 1.807) is 0 Å². The Hall–Kier alpha value is -2.08. The van der Waals surface area contributed by atoms with Gasteiger partial charge in [0.15, 0.2) is 0 Å². The molecule has 166 valence electrons. The van der Waals surface area contributed by atoms with Crippen LogP contribution in [0.1, 0.15) is 53.4 Å². The van der Waals surface area contributed by atoms with Crippen LogP contribution in [-0.2, 0) is 9.53 Å². The van der Waals surface area contributed by atoms with Gasteiger partial charge in [-0.1, -0.05) is 12.7 Å². The van der Waals surface area contributed by atoms with Crippen LogP contribution in [-0.4, -0.2) is 71.6 Å². The maximum Gasteiger partial charge on any atom is 0.409 e. The SMILES string of the molecule is C=C/C(C)=C\C1=C(C)C(C)C(=O)N1C1CCN(C2CCN(C(=O)OCC)CC2)CC1. The fourth-order valence-corrected chi connectivity index (χ4v) is 4.90. The Morgan fingerprint density at radius 3 is 2.30 bits per heavy atom. The van der Waals surface area contributed by atoms with Crippen molar-refractivity contribution in [2.24, 2.45) is 5.92 Å². The van der Waals surface area contributed by atoms with Crippen LogP contribution in [0.5, 0.6) is 0 Å². The van der Waals surface area contributed by atoms with Gasteiger partial charge in [-0.2, -0.15) is 0 Å². The zero-order valence-electron chi connectivity index (χ0n) is 19.0. The first-order valence-corrected chi connectivity index (χ1v) is 11.4. The molecule has 0 radical (unpaired) electrons. The first-order chi connectivity index (χ1) is 14.4. The van der Waals surface area contributed by atoms with Crippen molar-refractivity contribution >= 4 is 12.0 Å². The molecule has 3 aliphatic heterocycles. The number of piperidine rings is 2. The van der Waals surface area contributed by atoms with E-state index >= 15 is 0 Å². The number of rotatable bonds is 5. The van der Waals surface area contributed by atoms with Gasteiger partial charge >= 0.3 is 6.09 Å². The largest absolute Gasteiger partial charge is 0.450 e. The standard InChI is InChI=1S/C24H37N3O3/c1-6-17(3)16-22-18(4)19(5)23(28)27(22)21-10-12-25(13-11-21)20-8-14-26(15-9-20)24(29)30-7-2/h6,16,19-21H,1,7-15H2,2-5H3/b17-16-. The zero-order valence-corrected chi connectivity index (χ0v) is 19.0. The molecule has 1 atom stereocenters. The lowest BCUT2D eigenvalue weighted by atomic mass is 9.97. The number of likely N-dealkylation sites (tertiary alicyclic amines) is 2. The van der Waals surface area contributed by atoms with Gasteiger partial charge in [0, 0.05) is 44.0 Å². The Labute approximate surface area is 181 Å². The molecule has 6 heteroatoms. The molecule has 0 saturated carbocycles. The third-order valence-electron chi connectivity index (χ3n) is 6.98. The van der Waals surface area contributed by atoms with E-state index in [9.17, 15) is 9.59 Å². The zero-order chi connectivity index (χ0) is 21.8. The maximum absolute atomic E-state index is 13.0. The summed E-state index contributed by atoms with van der Waals surface area (Å²) in [5.41, 5.74) is 3.32. The number of hydrogen-bond acceptors (Lipinski definition) is 4. The molecule has 6 nitrogen and oxygen atoms in total. The van der Waals surface area contributed by atoms with Gasteiger partial charge in [-0.15, -0.1) is 0 Å². The Morgan fingerprint density at radius 1 is 1.13 bits per heavy atom. The van der Waals surface area contributed by atoms with Crippen LogP contribution in [0.3, 0.4) is 0 Å². The Balaban J connectivity index is 1.58. The predicted molar refractivity (Wildman–Crippen MR) is 119 cm³/mol. The van der Waals surface area contributed by atoms with E-state index in [0.717, 1.165) is 68.7 Å². The average Bonchev–Trinajstić information content (AvgIpc) is 2.97. The molecule has 2 saturated heterocycles. The van der Waals surface area contributed by atoms with Crippen molar-refractivity contribution in [3.8, 4) is 0 Å². The molecule has 0 aliphatic carbocycles. The summed E-state index contributed by atoms with van der Waals surface area (Å²) in [6.45, 7) is 15.8. The second kappa shape index (κ2) is 9.82. The fourth-order valence-electron chi connectivity index (χ4n) is 4.90. The molecule has 0 aromatic rings. The molecule has 2 fully saturated rings. The van der Waals surface area contributed by atoms with Gasteiger partial charge in [-0.3, -0.25) is 4.79 Å². The minimum absolute atomic E-state index is 0.0425. The van der Waals surface area contributed by atoms with Crippen LogP contribution < -0.4 is 0 Å². The highest BCUT2D eigenvalue weighted by Crippen LogP contribution is 2.35. The van der Waals surface area contributed by atoms with E-state index in [4.69, 9.17) is 4.74 Å². The highest BCUT2D eigenvalue weighted by Gasteiger charge is 2.40. The fraction of sp³-hybridized carbons (Fsp3) is 0.667. The van der Waals surface area contributed by atoms with E-state index in [1.807, 2.05) is 31.7 Å². The van der Waals surface area contributed by atoms with Gasteiger partial charge in [-0.25, -0.2) is 4.79 Å². The molecule has 30 heavy (non-hydrogen) atoms. The normalized spacial score (nSPS) is 25.3. The molecular weight excluding hydrogens is 378 g/mol. The van der Waals surface area contributed by atoms with E-state index in [0.29, 0.717) is 12.6 Å². The highest BCUT2D eigenvalue weighted by molar-refractivity contribution is 5.87. The van der Waals surface area contributed by atoms with Gasteiger partial charge in [0.05, 0.1) is 12.5 Å². The number of allylic oxidation sites excluding steroid dienone is 3. The lowest BCUT2D eigenvalue weighted by Crippen LogP contribution is -2.52. The lowest BCUT2D eigenvalue weighted by Gasteiger charge is -2.43. The molecule has 0 N–H and O–H groups in total. The first-order valence-electron chi connectivity index (χ1n) is 11.4. The Kier molecular flexibility index (Phi) is 7.40. The number of hydrogen-bond donors (Lipinski definition) is 0. The summed E-state index contributed by atoms with van der Waals surface area (Å²) in [6, 6.07) is 0.779. The monoisotopic (exact) mass is 415 g/mol. The van der Waals surface area contributed by atoms with E-state index in [1.165, 1.54) is 0 Å². The second-order valence-corrected chi connectivity index (χ2v) is 8.77. The van der Waals surface area contributed by atoms with Crippen molar-refractivity contribution in [1.82, 2.24) is 14.7 Å². The van der Waals surface area contributed by atoms with Crippen molar-refractivity contribution in [3.05, 3.63) is 35.6 Å². The third kappa shape index (κ3) is 4.64. The average molecular weight is 416 g/mol. The summed E-state index contributed by atoms with van der Waals surface area (Å²) in [7, 11) is 0. The van der Waals surface area contributed by atoms with Crippen LogP contribution in [0.4, 0.5) is 4.79 Å². The summed E-state index contributed by atoms with van der Waals surface area (Å²) in [5.74, 6) is 0.191. The quantitative estimate of drug-likeness (QED) is 0.638. The van der Waals surface area contributed by atoms with Gasteiger partial charge in [0.1, 0.15) is 0 Å². The molecule has 0 aromatic heterocycles. The van der Waals surface area contributed by atoms with Gasteiger partial charge in [0.25, 0.3) is 0 Å². The topological polar surface area (TPSA) is 53.1 Å². The second-order valence-electron chi connectivity index (χ2n) is 8.77. The van der Waals surface area contributed by atoms with Gasteiger partial charge < -0.3 is 19.4 Å². The minimum atomic E-state index is -0.186. The molecule has 0 spiro atoms. The van der Waals surface area contributed by atoms with Gasteiger partial charge in [-0.05, 0) is 70.6 Å². The third-order valence-corrected chi connectivity index (χ3v) is 6.98. The summed E-state index contributed by atoms with van der Waals surface area (Å²) < 4.78 is 5.13. The lowest BCUT2D eigenvalue weighted by molar-refractivity contribution is -0.132. The van der Waals surface area contributed by atoms with Crippen molar-refractivity contribution in [1.29, 1.82) is 0 Å². The summed E-state index contributed by atoms with van der Waals surface area (Å²) in [6.07, 6.45) is 7.75. The number of nitrogens with zero attached hydrogens (tertiary/aromatic N) is 3. The highest BCUT2D eigenvalue weighted by atomic mass is 16.6.